The lowest BCUT2D eigenvalue weighted by molar-refractivity contribution is -0.140. The Bertz CT molecular complexity index is 1200. The van der Waals surface area contributed by atoms with Crippen LogP contribution in [0.1, 0.15) is 29.9 Å². The Hall–Kier alpha value is -4.07. The molecule has 0 radical (unpaired) electrons. The fourth-order valence-electron chi connectivity index (χ4n) is 3.84. The molecule has 0 saturated carbocycles. The van der Waals surface area contributed by atoms with Gasteiger partial charge in [0.25, 0.3) is 11.7 Å². The second kappa shape index (κ2) is 9.20. The summed E-state index contributed by atoms with van der Waals surface area (Å²) < 4.78 is 30.1. The fourth-order valence-corrected chi connectivity index (χ4v) is 3.84. The van der Waals surface area contributed by atoms with E-state index in [4.69, 9.17) is 13.9 Å². The van der Waals surface area contributed by atoms with Crippen LogP contribution in [0.25, 0.3) is 5.76 Å². The van der Waals surface area contributed by atoms with Gasteiger partial charge in [-0.1, -0.05) is 12.1 Å². The van der Waals surface area contributed by atoms with Crippen molar-refractivity contribution in [2.45, 2.75) is 19.5 Å². The van der Waals surface area contributed by atoms with Gasteiger partial charge in [-0.3, -0.25) is 9.59 Å². The molecule has 3 aromatic rings. The Morgan fingerprint density at radius 2 is 1.91 bits per heavy atom. The number of aliphatic hydroxyl groups is 1. The van der Waals surface area contributed by atoms with Crippen LogP contribution in [0.3, 0.4) is 0 Å². The molecule has 1 fully saturated rings. The number of aliphatic hydroxyl groups excluding tert-OH is 1. The van der Waals surface area contributed by atoms with E-state index in [0.29, 0.717) is 23.7 Å². The van der Waals surface area contributed by atoms with Crippen molar-refractivity contribution in [1.82, 2.24) is 4.90 Å². The van der Waals surface area contributed by atoms with Gasteiger partial charge in [0.05, 0.1) is 38.1 Å². The number of ketones is 1. The normalized spacial score (nSPS) is 17.4. The molecule has 2 heterocycles. The van der Waals surface area contributed by atoms with E-state index in [9.17, 15) is 19.1 Å². The minimum Gasteiger partial charge on any atom is -0.507 e. The third-order valence-electron chi connectivity index (χ3n) is 5.38. The largest absolute Gasteiger partial charge is 0.507 e. The quantitative estimate of drug-likeness (QED) is 0.324. The van der Waals surface area contributed by atoms with Crippen molar-refractivity contribution in [1.29, 1.82) is 0 Å². The van der Waals surface area contributed by atoms with Gasteiger partial charge in [0.1, 0.15) is 17.3 Å². The van der Waals surface area contributed by atoms with E-state index in [1.165, 1.54) is 30.4 Å². The van der Waals surface area contributed by atoms with Gasteiger partial charge >= 0.3 is 0 Å². The number of Topliss-reactive ketones (excluding diaryl/α,β-unsaturated/α-hetero) is 1. The number of amides is 1. The van der Waals surface area contributed by atoms with Crippen molar-refractivity contribution in [3.05, 3.63) is 89.1 Å². The number of carbonyl (C=O) groups excluding carboxylic acids is 2. The molecular formula is C25H22FNO6. The number of rotatable bonds is 7. The van der Waals surface area contributed by atoms with E-state index < -0.39 is 29.3 Å². The third-order valence-corrected chi connectivity index (χ3v) is 5.38. The average Bonchev–Trinajstić information content (AvgIpc) is 3.42. The first-order chi connectivity index (χ1) is 15.9. The van der Waals surface area contributed by atoms with Crippen molar-refractivity contribution < 1.29 is 33.0 Å². The maximum absolute atomic E-state index is 14.3. The van der Waals surface area contributed by atoms with E-state index in [0.717, 1.165) is 6.07 Å². The Morgan fingerprint density at radius 3 is 2.52 bits per heavy atom. The summed E-state index contributed by atoms with van der Waals surface area (Å²) in [6.07, 6.45) is 1.47. The molecule has 1 aliphatic rings. The van der Waals surface area contributed by atoms with Crippen LogP contribution < -0.4 is 9.47 Å². The Kier molecular flexibility index (Phi) is 6.17. The van der Waals surface area contributed by atoms with Crippen molar-refractivity contribution in [3.63, 3.8) is 0 Å². The molecular weight excluding hydrogens is 429 g/mol. The monoisotopic (exact) mass is 451 g/mol. The van der Waals surface area contributed by atoms with Gasteiger partial charge in [0.15, 0.2) is 11.6 Å². The highest BCUT2D eigenvalue weighted by Crippen LogP contribution is 2.41. The second-order valence-electron chi connectivity index (χ2n) is 7.36. The molecule has 1 unspecified atom stereocenters. The number of likely N-dealkylation sites (tertiary alicyclic amines) is 1. The molecule has 170 valence electrons. The maximum Gasteiger partial charge on any atom is 0.296 e. The molecule has 1 amide bonds. The second-order valence-corrected chi connectivity index (χ2v) is 7.36. The van der Waals surface area contributed by atoms with Gasteiger partial charge in [0.2, 0.25) is 0 Å². The average molecular weight is 451 g/mol. The van der Waals surface area contributed by atoms with Gasteiger partial charge in [-0.25, -0.2) is 4.39 Å². The van der Waals surface area contributed by atoms with Crippen LogP contribution in [0, 0.1) is 5.82 Å². The molecule has 1 aromatic heterocycles. The van der Waals surface area contributed by atoms with Gasteiger partial charge in [-0.05, 0) is 55.0 Å². The number of ether oxygens (including phenoxy) is 2. The number of nitrogens with zero attached hydrogens (tertiary/aromatic N) is 1. The first kappa shape index (κ1) is 22.1. The number of methoxy groups -OCH3 is 1. The zero-order chi connectivity index (χ0) is 23.5. The molecule has 4 rings (SSSR count). The lowest BCUT2D eigenvalue weighted by atomic mass is 9.95. The van der Waals surface area contributed by atoms with Crippen molar-refractivity contribution in [2.75, 3.05) is 13.7 Å². The molecule has 33 heavy (non-hydrogen) atoms. The molecule has 7 nitrogen and oxygen atoms in total. The van der Waals surface area contributed by atoms with Gasteiger partial charge in [0, 0.05) is 5.56 Å². The number of hydrogen-bond acceptors (Lipinski definition) is 6. The van der Waals surface area contributed by atoms with Crippen LogP contribution in [0.2, 0.25) is 0 Å². The first-order valence-electron chi connectivity index (χ1n) is 10.3. The zero-order valence-electron chi connectivity index (χ0n) is 18.1. The third kappa shape index (κ3) is 4.19. The first-order valence-corrected chi connectivity index (χ1v) is 10.3. The summed E-state index contributed by atoms with van der Waals surface area (Å²) >= 11 is 0. The Morgan fingerprint density at radius 1 is 1.15 bits per heavy atom. The predicted octanol–water partition coefficient (Wildman–Crippen LogP) is 4.45. The highest BCUT2D eigenvalue weighted by molar-refractivity contribution is 6.46. The molecule has 1 N–H and O–H groups in total. The molecule has 1 saturated heterocycles. The highest BCUT2D eigenvalue weighted by Gasteiger charge is 2.46. The van der Waals surface area contributed by atoms with Crippen molar-refractivity contribution in [3.8, 4) is 11.5 Å². The lowest BCUT2D eigenvalue weighted by Crippen LogP contribution is -2.29. The SMILES string of the molecule is CCOc1ccc(C2/C(=C(\O)c3ccc(OC)c(F)c3)C(=O)C(=O)N2Cc2ccco2)cc1. The number of hydrogen-bond donors (Lipinski definition) is 1. The van der Waals surface area contributed by atoms with Crippen LogP contribution in [-0.4, -0.2) is 35.4 Å². The summed E-state index contributed by atoms with van der Waals surface area (Å²) in [6.45, 7) is 2.36. The van der Waals surface area contributed by atoms with Crippen LogP contribution in [0.15, 0.2) is 70.9 Å². The lowest BCUT2D eigenvalue weighted by Gasteiger charge is -2.24. The maximum atomic E-state index is 14.3. The van der Waals surface area contributed by atoms with Crippen LogP contribution in [0.5, 0.6) is 11.5 Å². The number of furan rings is 1. The molecule has 2 aromatic carbocycles. The molecule has 0 bridgehead atoms. The molecule has 0 aliphatic carbocycles. The molecule has 8 heteroatoms. The standard InChI is InChI=1S/C25H22FNO6/c1-3-32-17-9-6-15(7-10-17)22-21(23(28)16-8-11-20(31-2)19(26)13-16)24(29)25(30)27(22)14-18-5-4-12-33-18/h4-13,22,28H,3,14H2,1-2H3/b23-21+. The summed E-state index contributed by atoms with van der Waals surface area (Å²) in [4.78, 5) is 27.3. The van der Waals surface area contributed by atoms with E-state index in [1.807, 2.05) is 6.92 Å². The van der Waals surface area contributed by atoms with E-state index >= 15 is 0 Å². The van der Waals surface area contributed by atoms with Gasteiger partial charge in [-0.2, -0.15) is 0 Å². The predicted molar refractivity (Wildman–Crippen MR) is 117 cm³/mol. The summed E-state index contributed by atoms with van der Waals surface area (Å²) in [7, 11) is 1.32. The minimum atomic E-state index is -0.907. The number of carbonyl (C=O) groups is 2. The topological polar surface area (TPSA) is 89.2 Å². The summed E-state index contributed by atoms with van der Waals surface area (Å²) in [6, 6.07) is 13.2. The number of halogens is 1. The molecule has 1 aliphatic heterocycles. The number of benzene rings is 2. The Balaban J connectivity index is 1.83. The van der Waals surface area contributed by atoms with Crippen molar-refractivity contribution >= 4 is 17.4 Å². The molecule has 0 spiro atoms. The van der Waals surface area contributed by atoms with E-state index in [2.05, 4.69) is 0 Å². The molecule has 1 atom stereocenters. The van der Waals surface area contributed by atoms with Gasteiger partial charge < -0.3 is 23.9 Å². The van der Waals surface area contributed by atoms with Crippen LogP contribution >= 0.6 is 0 Å². The fraction of sp³-hybridized carbons (Fsp3) is 0.200. The highest BCUT2D eigenvalue weighted by atomic mass is 19.1. The smallest absolute Gasteiger partial charge is 0.296 e. The van der Waals surface area contributed by atoms with E-state index in [1.54, 1.807) is 36.4 Å². The summed E-state index contributed by atoms with van der Waals surface area (Å²) in [5.74, 6) is -1.74. The summed E-state index contributed by atoms with van der Waals surface area (Å²) in [5, 5.41) is 11.0. The summed E-state index contributed by atoms with van der Waals surface area (Å²) in [5.41, 5.74) is 0.500. The van der Waals surface area contributed by atoms with Gasteiger partial charge in [-0.15, -0.1) is 0 Å². The Labute approximate surface area is 189 Å². The van der Waals surface area contributed by atoms with E-state index in [-0.39, 0.29) is 23.4 Å². The zero-order valence-corrected chi connectivity index (χ0v) is 18.1. The van der Waals surface area contributed by atoms with Crippen molar-refractivity contribution in [2.24, 2.45) is 0 Å². The minimum absolute atomic E-state index is 0.00659. The van der Waals surface area contributed by atoms with Crippen LogP contribution in [0.4, 0.5) is 4.39 Å². The van der Waals surface area contributed by atoms with Crippen LogP contribution in [-0.2, 0) is 16.1 Å².